The van der Waals surface area contributed by atoms with Crippen LogP contribution in [-0.2, 0) is 16.0 Å². The van der Waals surface area contributed by atoms with Crippen molar-refractivity contribution in [2.24, 2.45) is 0 Å². The molecule has 126 valence electrons. The van der Waals surface area contributed by atoms with Gasteiger partial charge in [-0.25, -0.2) is 9.18 Å². The van der Waals surface area contributed by atoms with E-state index in [-0.39, 0.29) is 12.0 Å². The molecule has 1 aromatic carbocycles. The summed E-state index contributed by atoms with van der Waals surface area (Å²) in [4.78, 5) is 24.2. The van der Waals surface area contributed by atoms with Gasteiger partial charge in [0, 0.05) is 12.2 Å². The maximum atomic E-state index is 13.3. The average Bonchev–Trinajstić information content (AvgIpc) is 2.99. The van der Waals surface area contributed by atoms with Crippen LogP contribution in [0.2, 0.25) is 0 Å². The zero-order valence-electron chi connectivity index (χ0n) is 12.7. The van der Waals surface area contributed by atoms with Crippen LogP contribution in [0.25, 0.3) is 0 Å². The van der Waals surface area contributed by atoms with Gasteiger partial charge >= 0.3 is 5.97 Å². The first kappa shape index (κ1) is 16.8. The molecule has 0 spiro atoms. The molecule has 0 fully saturated rings. The van der Waals surface area contributed by atoms with Crippen molar-refractivity contribution in [1.82, 2.24) is 10.2 Å². The minimum atomic E-state index is -1.01. The number of ether oxygens (including phenoxy) is 1. The summed E-state index contributed by atoms with van der Waals surface area (Å²) in [5, 5.41) is 10.8. The first-order valence-electron chi connectivity index (χ1n) is 7.33. The molecule has 1 N–H and O–H groups in total. The van der Waals surface area contributed by atoms with E-state index in [0.717, 1.165) is 16.5 Å². The number of carbonyl (C=O) groups is 2. The van der Waals surface area contributed by atoms with E-state index in [9.17, 15) is 14.0 Å². The van der Waals surface area contributed by atoms with Gasteiger partial charge in [-0.15, -0.1) is 10.2 Å². The van der Waals surface area contributed by atoms with Crippen molar-refractivity contribution in [2.45, 2.75) is 30.2 Å². The minimum Gasteiger partial charge on any atom is -0.448 e. The standard InChI is InChI=1S/C15H14FN3O3S2/c1-2-5-23-15-19-18-14(24-15)17-12(20)11-7-8-6-9(16)3-4-10(8)13(21)22-11/h3-4,6,11H,2,5,7H2,1H3,(H,17,18,20). The minimum absolute atomic E-state index is 0.126. The summed E-state index contributed by atoms with van der Waals surface area (Å²) in [5.41, 5.74) is 0.748. The second kappa shape index (κ2) is 7.27. The van der Waals surface area contributed by atoms with E-state index >= 15 is 0 Å². The van der Waals surface area contributed by atoms with Gasteiger partial charge in [0.05, 0.1) is 5.56 Å². The van der Waals surface area contributed by atoms with Crippen molar-refractivity contribution in [3.63, 3.8) is 0 Å². The van der Waals surface area contributed by atoms with Crippen LogP contribution < -0.4 is 5.32 Å². The summed E-state index contributed by atoms with van der Waals surface area (Å²) in [6, 6.07) is 3.81. The number of aromatic nitrogens is 2. The van der Waals surface area contributed by atoms with E-state index in [4.69, 9.17) is 4.74 Å². The molecule has 2 heterocycles. The van der Waals surface area contributed by atoms with E-state index in [0.29, 0.717) is 10.7 Å². The van der Waals surface area contributed by atoms with E-state index in [1.165, 1.54) is 29.5 Å². The monoisotopic (exact) mass is 367 g/mol. The molecule has 6 nitrogen and oxygen atoms in total. The molecule has 1 atom stereocenters. The number of cyclic esters (lactones) is 1. The summed E-state index contributed by atoms with van der Waals surface area (Å²) < 4.78 is 19.2. The molecular weight excluding hydrogens is 353 g/mol. The zero-order valence-corrected chi connectivity index (χ0v) is 14.4. The molecular formula is C15H14FN3O3S2. The van der Waals surface area contributed by atoms with Crippen LogP contribution in [0.3, 0.4) is 0 Å². The molecule has 1 aliphatic rings. The molecule has 0 aliphatic carbocycles. The van der Waals surface area contributed by atoms with Crippen LogP contribution >= 0.6 is 23.1 Å². The molecule has 0 bridgehead atoms. The maximum Gasteiger partial charge on any atom is 0.339 e. The van der Waals surface area contributed by atoms with Gasteiger partial charge in [-0.05, 0) is 30.2 Å². The van der Waals surface area contributed by atoms with Crippen LogP contribution in [0.4, 0.5) is 9.52 Å². The molecule has 1 amide bonds. The number of anilines is 1. The first-order chi connectivity index (χ1) is 11.6. The lowest BCUT2D eigenvalue weighted by Crippen LogP contribution is -2.38. The quantitative estimate of drug-likeness (QED) is 0.497. The van der Waals surface area contributed by atoms with Gasteiger partial charge in [0.1, 0.15) is 5.82 Å². The number of fused-ring (bicyclic) bond motifs is 1. The fourth-order valence-corrected chi connectivity index (χ4v) is 3.88. The Morgan fingerprint density at radius 2 is 2.33 bits per heavy atom. The van der Waals surface area contributed by atoms with Gasteiger partial charge in [0.25, 0.3) is 5.91 Å². The predicted molar refractivity (Wildman–Crippen MR) is 88.9 cm³/mol. The van der Waals surface area contributed by atoms with Gasteiger partial charge in [0.2, 0.25) is 5.13 Å². The number of nitrogens with zero attached hydrogens (tertiary/aromatic N) is 2. The Balaban J connectivity index is 1.67. The highest BCUT2D eigenvalue weighted by Crippen LogP contribution is 2.27. The molecule has 1 unspecified atom stereocenters. The summed E-state index contributed by atoms with van der Waals surface area (Å²) >= 11 is 2.83. The lowest BCUT2D eigenvalue weighted by atomic mass is 9.98. The van der Waals surface area contributed by atoms with Crippen molar-refractivity contribution >= 4 is 40.1 Å². The molecule has 2 aromatic rings. The number of thioether (sulfide) groups is 1. The summed E-state index contributed by atoms with van der Waals surface area (Å²) in [7, 11) is 0. The Morgan fingerprint density at radius 1 is 1.50 bits per heavy atom. The summed E-state index contributed by atoms with van der Waals surface area (Å²) in [6.45, 7) is 2.06. The Morgan fingerprint density at radius 3 is 3.12 bits per heavy atom. The number of benzene rings is 1. The summed E-state index contributed by atoms with van der Waals surface area (Å²) in [6.07, 6.45) is 0.128. The van der Waals surface area contributed by atoms with E-state index in [1.54, 1.807) is 11.8 Å². The number of amides is 1. The highest BCUT2D eigenvalue weighted by atomic mass is 32.2. The number of carbonyl (C=O) groups excluding carboxylic acids is 2. The first-order valence-corrected chi connectivity index (χ1v) is 9.13. The Labute approximate surface area is 145 Å². The Bertz CT molecular complexity index is 781. The van der Waals surface area contributed by atoms with E-state index in [1.807, 2.05) is 0 Å². The third-order valence-corrected chi connectivity index (χ3v) is 5.48. The van der Waals surface area contributed by atoms with Crippen molar-refractivity contribution < 1.29 is 18.7 Å². The fourth-order valence-electron chi connectivity index (χ4n) is 2.20. The van der Waals surface area contributed by atoms with E-state index < -0.39 is 23.8 Å². The molecule has 0 saturated heterocycles. The number of nitrogens with one attached hydrogen (secondary N) is 1. The van der Waals surface area contributed by atoms with Gasteiger partial charge in [-0.3, -0.25) is 10.1 Å². The number of hydrogen-bond acceptors (Lipinski definition) is 7. The third kappa shape index (κ3) is 3.73. The van der Waals surface area contributed by atoms with Gasteiger partial charge in [-0.1, -0.05) is 30.0 Å². The largest absolute Gasteiger partial charge is 0.448 e. The second-order valence-corrected chi connectivity index (χ2v) is 7.43. The van der Waals surface area contributed by atoms with Gasteiger partial charge in [-0.2, -0.15) is 0 Å². The average molecular weight is 367 g/mol. The molecule has 1 aromatic heterocycles. The van der Waals surface area contributed by atoms with Gasteiger partial charge in [0.15, 0.2) is 10.4 Å². The highest BCUT2D eigenvalue weighted by Gasteiger charge is 2.32. The van der Waals surface area contributed by atoms with Crippen LogP contribution in [0, 0.1) is 5.82 Å². The third-order valence-electron chi connectivity index (χ3n) is 3.30. The van der Waals surface area contributed by atoms with Gasteiger partial charge < -0.3 is 4.74 Å². The predicted octanol–water partition coefficient (Wildman–Crippen LogP) is 2.90. The van der Waals surface area contributed by atoms with Crippen molar-refractivity contribution in [1.29, 1.82) is 0 Å². The number of hydrogen-bond donors (Lipinski definition) is 1. The number of halogens is 1. The molecule has 24 heavy (non-hydrogen) atoms. The van der Waals surface area contributed by atoms with Crippen molar-refractivity contribution in [2.75, 3.05) is 11.1 Å². The molecule has 0 radical (unpaired) electrons. The Hall–Kier alpha value is -2.00. The van der Waals surface area contributed by atoms with E-state index in [2.05, 4.69) is 22.4 Å². The SMILES string of the molecule is CCCSc1nnc(NC(=O)C2Cc3cc(F)ccc3C(=O)O2)s1. The molecule has 3 rings (SSSR count). The lowest BCUT2D eigenvalue weighted by molar-refractivity contribution is -0.125. The maximum absolute atomic E-state index is 13.3. The molecule has 1 aliphatic heterocycles. The summed E-state index contributed by atoms with van der Waals surface area (Å²) in [5.74, 6) is -0.663. The smallest absolute Gasteiger partial charge is 0.339 e. The van der Waals surface area contributed by atoms with Crippen LogP contribution in [0.5, 0.6) is 0 Å². The Kier molecular flexibility index (Phi) is 5.10. The van der Waals surface area contributed by atoms with Crippen LogP contribution in [0.1, 0.15) is 29.3 Å². The molecule has 0 saturated carbocycles. The topological polar surface area (TPSA) is 81.2 Å². The number of esters is 1. The highest BCUT2D eigenvalue weighted by molar-refractivity contribution is 8.01. The number of rotatable bonds is 5. The van der Waals surface area contributed by atoms with Crippen LogP contribution in [0.15, 0.2) is 22.5 Å². The lowest BCUT2D eigenvalue weighted by Gasteiger charge is -2.23. The fraction of sp³-hybridized carbons (Fsp3) is 0.333. The van der Waals surface area contributed by atoms with Crippen LogP contribution in [-0.4, -0.2) is 33.9 Å². The zero-order chi connectivity index (χ0) is 17.1. The normalized spacial score (nSPS) is 16.4. The second-order valence-electron chi connectivity index (χ2n) is 5.11. The van der Waals surface area contributed by atoms with Crippen molar-refractivity contribution in [3.8, 4) is 0 Å². The molecule has 9 heteroatoms. The van der Waals surface area contributed by atoms with Crippen molar-refractivity contribution in [3.05, 3.63) is 35.1 Å².